The molecule has 0 amide bonds. The minimum Gasteiger partial charge on any atom is -0.310 e. The van der Waals surface area contributed by atoms with Crippen LogP contribution >= 0.6 is 0 Å². The molecule has 1 heterocycles. The standard InChI is InChI=1S/C55H34N2/c1-3-13-37(14-4-1)56(40-30-32-44-43-18-8-10-24-51(43)57(52(44)34-40)38-15-5-2-6-16-38)39-28-25-35(26-29-39)36-27-31-42-46-20-12-22-48-47-21-11-19-45-41-17-7-9-23-49(41)55(53(45)47,54(46)48)50(42)33-36/h1-34H. The van der Waals surface area contributed by atoms with Crippen molar-refractivity contribution in [3.8, 4) is 50.2 Å². The number of para-hydroxylation sites is 3. The summed E-state index contributed by atoms with van der Waals surface area (Å²) in [7, 11) is 0. The quantitative estimate of drug-likeness (QED) is 0.172. The van der Waals surface area contributed by atoms with Crippen LogP contribution in [0.2, 0.25) is 0 Å². The van der Waals surface area contributed by atoms with E-state index in [1.165, 1.54) is 88.6 Å². The maximum absolute atomic E-state index is 2.49. The number of fused-ring (bicyclic) bond motifs is 8. The van der Waals surface area contributed by atoms with Gasteiger partial charge in [-0.15, -0.1) is 0 Å². The molecule has 0 saturated carbocycles. The lowest BCUT2D eigenvalue weighted by atomic mass is 9.73. The van der Waals surface area contributed by atoms with Crippen LogP contribution < -0.4 is 4.90 Å². The second kappa shape index (κ2) is 11.3. The van der Waals surface area contributed by atoms with Crippen molar-refractivity contribution in [2.75, 3.05) is 4.90 Å². The number of hydrogen-bond acceptors (Lipinski definition) is 1. The van der Waals surface area contributed by atoms with E-state index < -0.39 is 0 Å². The van der Waals surface area contributed by atoms with E-state index in [-0.39, 0.29) is 5.41 Å². The fourth-order valence-electron chi connectivity index (χ4n) is 10.7. The summed E-state index contributed by atoms with van der Waals surface area (Å²) in [5, 5.41) is 2.50. The Kier molecular flexibility index (Phi) is 6.13. The molecule has 57 heavy (non-hydrogen) atoms. The zero-order valence-corrected chi connectivity index (χ0v) is 31.0. The molecule has 1 spiro atoms. The van der Waals surface area contributed by atoms with Gasteiger partial charge >= 0.3 is 0 Å². The minimum absolute atomic E-state index is 0.287. The van der Waals surface area contributed by atoms with Crippen LogP contribution in [0.15, 0.2) is 206 Å². The van der Waals surface area contributed by atoms with Crippen LogP contribution in [0.1, 0.15) is 22.3 Å². The summed E-state index contributed by atoms with van der Waals surface area (Å²) in [6, 6.07) is 76.3. The van der Waals surface area contributed by atoms with Crippen molar-refractivity contribution in [1.29, 1.82) is 0 Å². The maximum Gasteiger partial charge on any atom is 0.0737 e. The molecule has 0 bridgehead atoms. The number of aromatic nitrogens is 1. The highest BCUT2D eigenvalue weighted by atomic mass is 15.1. The predicted octanol–water partition coefficient (Wildman–Crippen LogP) is 14.2. The van der Waals surface area contributed by atoms with Crippen LogP contribution in [-0.4, -0.2) is 4.57 Å². The van der Waals surface area contributed by atoms with Gasteiger partial charge in [0.1, 0.15) is 0 Å². The van der Waals surface area contributed by atoms with Crippen LogP contribution in [0.3, 0.4) is 0 Å². The average Bonchev–Trinajstić information content (AvgIpc) is 3.97. The van der Waals surface area contributed by atoms with E-state index in [0.29, 0.717) is 0 Å². The number of anilines is 3. The summed E-state index contributed by atoms with van der Waals surface area (Å²) in [5.74, 6) is 0. The van der Waals surface area contributed by atoms with Gasteiger partial charge < -0.3 is 9.47 Å². The van der Waals surface area contributed by atoms with Crippen molar-refractivity contribution in [3.63, 3.8) is 0 Å². The molecule has 3 aliphatic rings. The molecule has 13 rings (SSSR count). The molecule has 10 aromatic rings. The Morgan fingerprint density at radius 1 is 0.333 bits per heavy atom. The van der Waals surface area contributed by atoms with Crippen molar-refractivity contribution in [3.05, 3.63) is 229 Å². The SMILES string of the molecule is c1ccc(N(c2ccc(-c3ccc4c(c3)C35c6ccccc6-c6cccc(c63)-c3cccc-4c35)cc2)c2ccc3c4ccccc4n(-c4ccccc4)c3c2)cc1. The smallest absolute Gasteiger partial charge is 0.0737 e. The van der Waals surface area contributed by atoms with Gasteiger partial charge in [0.2, 0.25) is 0 Å². The fraction of sp³-hybridized carbons (Fsp3) is 0.0182. The Hall–Kier alpha value is -7.42. The van der Waals surface area contributed by atoms with Crippen LogP contribution in [0, 0.1) is 0 Å². The van der Waals surface area contributed by atoms with Crippen molar-refractivity contribution >= 4 is 38.9 Å². The van der Waals surface area contributed by atoms with Crippen molar-refractivity contribution in [2.45, 2.75) is 5.41 Å². The number of benzene rings is 9. The average molecular weight is 723 g/mol. The zero-order valence-electron chi connectivity index (χ0n) is 31.0. The second-order valence-corrected chi connectivity index (χ2v) is 15.6. The number of hydrogen-bond donors (Lipinski definition) is 0. The predicted molar refractivity (Wildman–Crippen MR) is 236 cm³/mol. The van der Waals surface area contributed by atoms with Gasteiger partial charge in [-0.2, -0.15) is 0 Å². The fourth-order valence-corrected chi connectivity index (χ4v) is 10.7. The van der Waals surface area contributed by atoms with Crippen LogP contribution in [0.25, 0.3) is 72.0 Å². The Morgan fingerprint density at radius 3 is 1.63 bits per heavy atom. The molecular weight excluding hydrogens is 689 g/mol. The molecule has 264 valence electrons. The topological polar surface area (TPSA) is 8.17 Å². The van der Waals surface area contributed by atoms with E-state index in [9.17, 15) is 0 Å². The number of rotatable bonds is 5. The third-order valence-corrected chi connectivity index (χ3v) is 12.9. The van der Waals surface area contributed by atoms with E-state index >= 15 is 0 Å². The van der Waals surface area contributed by atoms with Gasteiger partial charge in [0.05, 0.1) is 16.4 Å². The summed E-state index contributed by atoms with van der Waals surface area (Å²) in [6.45, 7) is 0. The molecule has 2 heteroatoms. The Morgan fingerprint density at radius 2 is 0.877 bits per heavy atom. The molecule has 0 N–H and O–H groups in total. The Bertz CT molecular complexity index is 3250. The highest BCUT2D eigenvalue weighted by Gasteiger charge is 2.57. The zero-order chi connectivity index (χ0) is 37.2. The Labute approximate surface area is 331 Å². The molecule has 1 atom stereocenters. The lowest BCUT2D eigenvalue weighted by molar-refractivity contribution is 0.818. The van der Waals surface area contributed by atoms with Crippen molar-refractivity contribution in [1.82, 2.24) is 4.57 Å². The largest absolute Gasteiger partial charge is 0.310 e. The number of nitrogens with zero attached hydrogens (tertiary/aromatic N) is 2. The maximum atomic E-state index is 2.49. The van der Waals surface area contributed by atoms with Crippen LogP contribution in [0.5, 0.6) is 0 Å². The third-order valence-electron chi connectivity index (χ3n) is 12.9. The first kappa shape index (κ1) is 30.9. The summed E-state index contributed by atoms with van der Waals surface area (Å²) in [5.41, 5.74) is 23.0. The van der Waals surface area contributed by atoms with Crippen molar-refractivity contribution < 1.29 is 0 Å². The van der Waals surface area contributed by atoms with Crippen LogP contribution in [-0.2, 0) is 5.41 Å². The van der Waals surface area contributed by atoms with Gasteiger partial charge in [0.15, 0.2) is 0 Å². The highest BCUT2D eigenvalue weighted by Crippen LogP contribution is 2.70. The van der Waals surface area contributed by atoms with Gasteiger partial charge in [-0.25, -0.2) is 0 Å². The monoisotopic (exact) mass is 722 g/mol. The van der Waals surface area contributed by atoms with E-state index in [0.717, 1.165) is 22.7 Å². The summed E-state index contributed by atoms with van der Waals surface area (Å²) in [6.07, 6.45) is 0. The van der Waals surface area contributed by atoms with E-state index in [4.69, 9.17) is 0 Å². The molecular formula is C55H34N2. The molecule has 3 aliphatic carbocycles. The summed E-state index contributed by atoms with van der Waals surface area (Å²) in [4.78, 5) is 2.38. The van der Waals surface area contributed by atoms with E-state index in [2.05, 4.69) is 216 Å². The van der Waals surface area contributed by atoms with E-state index in [1.807, 2.05) is 0 Å². The van der Waals surface area contributed by atoms with Gasteiger partial charge in [-0.05, 0) is 127 Å². The molecule has 0 radical (unpaired) electrons. The van der Waals surface area contributed by atoms with Crippen LogP contribution in [0.4, 0.5) is 17.1 Å². The van der Waals surface area contributed by atoms with Gasteiger partial charge in [0.25, 0.3) is 0 Å². The van der Waals surface area contributed by atoms with Gasteiger partial charge in [0, 0.05) is 33.5 Å². The van der Waals surface area contributed by atoms with E-state index in [1.54, 1.807) is 0 Å². The van der Waals surface area contributed by atoms with Gasteiger partial charge in [-0.3, -0.25) is 0 Å². The first-order valence-corrected chi connectivity index (χ1v) is 19.9. The molecule has 0 saturated heterocycles. The molecule has 0 aliphatic heterocycles. The second-order valence-electron chi connectivity index (χ2n) is 15.6. The lowest BCUT2D eigenvalue weighted by Gasteiger charge is -2.28. The summed E-state index contributed by atoms with van der Waals surface area (Å²) >= 11 is 0. The lowest BCUT2D eigenvalue weighted by Crippen LogP contribution is -2.23. The minimum atomic E-state index is -0.287. The summed E-state index contributed by atoms with van der Waals surface area (Å²) < 4.78 is 2.39. The third kappa shape index (κ3) is 3.99. The molecule has 0 fully saturated rings. The first-order valence-electron chi connectivity index (χ1n) is 19.9. The Balaban J connectivity index is 0.957. The molecule has 2 nitrogen and oxygen atoms in total. The molecule has 1 unspecified atom stereocenters. The normalized spacial score (nSPS) is 15.1. The van der Waals surface area contributed by atoms with Gasteiger partial charge in [-0.1, -0.05) is 146 Å². The highest BCUT2D eigenvalue weighted by molar-refractivity contribution is 6.11. The molecule has 9 aromatic carbocycles. The molecule has 1 aromatic heterocycles. The first-order chi connectivity index (χ1) is 28.3. The van der Waals surface area contributed by atoms with Crippen molar-refractivity contribution in [2.24, 2.45) is 0 Å².